The molecule has 0 amide bonds. The number of rotatable bonds is 7. The zero-order valence-corrected chi connectivity index (χ0v) is 18.0. The molecule has 4 aromatic rings. The molecule has 168 valence electrons. The van der Waals surface area contributed by atoms with Crippen molar-refractivity contribution in [2.24, 2.45) is 0 Å². The Morgan fingerprint density at radius 3 is 2.39 bits per heavy atom. The largest absolute Gasteiger partial charge is 0.472 e. The van der Waals surface area contributed by atoms with Crippen molar-refractivity contribution in [3.8, 4) is 11.3 Å². The van der Waals surface area contributed by atoms with Crippen LogP contribution in [0.3, 0.4) is 0 Å². The molecule has 1 fully saturated rings. The maximum atomic E-state index is 10.2. The lowest BCUT2D eigenvalue weighted by atomic mass is 10.1. The van der Waals surface area contributed by atoms with Gasteiger partial charge in [0, 0.05) is 47.5 Å². The predicted octanol–water partition coefficient (Wildman–Crippen LogP) is 4.42. The average molecular weight is 444 g/mol. The second-order valence-electron chi connectivity index (χ2n) is 7.72. The van der Waals surface area contributed by atoms with E-state index in [0.717, 1.165) is 48.9 Å². The Kier molecular flexibility index (Phi) is 6.19. The minimum absolute atomic E-state index is 0.532. The van der Waals surface area contributed by atoms with Crippen LogP contribution in [0, 0.1) is 0 Å². The third-order valence-corrected chi connectivity index (χ3v) is 5.50. The third kappa shape index (κ3) is 5.14. The molecule has 0 saturated carbocycles. The van der Waals surface area contributed by atoms with E-state index in [0.29, 0.717) is 11.5 Å². The van der Waals surface area contributed by atoms with Gasteiger partial charge in [0.25, 0.3) is 0 Å². The molecule has 0 radical (unpaired) electrons. The molecule has 5 rings (SSSR count). The monoisotopic (exact) mass is 443 g/mol. The predicted molar refractivity (Wildman–Crippen MR) is 128 cm³/mol. The maximum absolute atomic E-state index is 10.2. The van der Waals surface area contributed by atoms with Crippen LogP contribution in [0.2, 0.25) is 0 Å². The summed E-state index contributed by atoms with van der Waals surface area (Å²) in [6, 6.07) is 19.6. The number of ether oxygens (including phenoxy) is 1. The molecular formula is C25H25N5O3. The number of aliphatic hydroxyl groups excluding tert-OH is 1. The third-order valence-electron chi connectivity index (χ3n) is 5.50. The first kappa shape index (κ1) is 21.0. The fourth-order valence-corrected chi connectivity index (χ4v) is 3.69. The lowest BCUT2D eigenvalue weighted by molar-refractivity contribution is 0.122. The van der Waals surface area contributed by atoms with Crippen LogP contribution < -0.4 is 15.5 Å². The van der Waals surface area contributed by atoms with Crippen LogP contribution in [0.25, 0.3) is 11.3 Å². The summed E-state index contributed by atoms with van der Waals surface area (Å²) in [5.74, 6) is 0.532. The van der Waals surface area contributed by atoms with E-state index in [9.17, 15) is 5.11 Å². The van der Waals surface area contributed by atoms with Gasteiger partial charge in [-0.2, -0.15) is 0 Å². The van der Waals surface area contributed by atoms with E-state index in [1.807, 2.05) is 42.5 Å². The number of anilines is 4. The molecule has 1 atom stereocenters. The molecule has 33 heavy (non-hydrogen) atoms. The Morgan fingerprint density at radius 2 is 1.67 bits per heavy atom. The summed E-state index contributed by atoms with van der Waals surface area (Å²) >= 11 is 0. The van der Waals surface area contributed by atoms with E-state index in [1.165, 1.54) is 18.2 Å². The molecule has 1 saturated heterocycles. The van der Waals surface area contributed by atoms with Gasteiger partial charge in [-0.1, -0.05) is 12.1 Å². The topological polar surface area (TPSA) is 95.7 Å². The van der Waals surface area contributed by atoms with E-state index in [4.69, 9.17) is 9.15 Å². The Bertz CT molecular complexity index is 1160. The summed E-state index contributed by atoms with van der Waals surface area (Å²) in [5.41, 5.74) is 5.33. The number of nitrogens with zero attached hydrogens (tertiary/aromatic N) is 3. The fourth-order valence-electron chi connectivity index (χ4n) is 3.69. The van der Waals surface area contributed by atoms with Crippen molar-refractivity contribution >= 4 is 23.0 Å². The molecule has 1 aliphatic rings. The van der Waals surface area contributed by atoms with Gasteiger partial charge in [0.15, 0.2) is 6.23 Å². The van der Waals surface area contributed by atoms with E-state index in [2.05, 4.69) is 37.6 Å². The highest BCUT2D eigenvalue weighted by atomic mass is 16.5. The van der Waals surface area contributed by atoms with Gasteiger partial charge in [-0.3, -0.25) is 0 Å². The van der Waals surface area contributed by atoms with Gasteiger partial charge in [0.05, 0.1) is 31.4 Å². The minimum Gasteiger partial charge on any atom is -0.472 e. The summed E-state index contributed by atoms with van der Waals surface area (Å²) in [6.07, 6.45) is 3.95. The van der Waals surface area contributed by atoms with Gasteiger partial charge in [-0.25, -0.2) is 9.97 Å². The minimum atomic E-state index is -0.834. The number of morpholine rings is 1. The molecule has 0 spiro atoms. The van der Waals surface area contributed by atoms with E-state index in [-0.39, 0.29) is 0 Å². The van der Waals surface area contributed by atoms with E-state index in [1.54, 1.807) is 12.3 Å². The van der Waals surface area contributed by atoms with Crippen LogP contribution >= 0.6 is 0 Å². The summed E-state index contributed by atoms with van der Waals surface area (Å²) in [7, 11) is 0. The highest BCUT2D eigenvalue weighted by Gasteiger charge is 2.11. The van der Waals surface area contributed by atoms with Crippen molar-refractivity contribution in [3.05, 3.63) is 85.0 Å². The smallest absolute Gasteiger partial charge is 0.227 e. The van der Waals surface area contributed by atoms with Crippen molar-refractivity contribution in [2.75, 3.05) is 41.8 Å². The van der Waals surface area contributed by atoms with Gasteiger partial charge in [0.1, 0.15) is 0 Å². The Hall–Kier alpha value is -3.88. The quantitative estimate of drug-likeness (QED) is 0.361. The molecule has 2 aromatic carbocycles. The molecule has 8 heteroatoms. The SMILES string of the molecule is OC(Nc1ccc(-c2ccnc(Nc3ccc(N4CCOCC4)cc3)n2)cc1)c1ccoc1. The standard InChI is InChI=1S/C25H25N5O3/c31-24(19-10-14-33-17-19)27-20-3-1-18(2-4-20)23-9-11-26-25(29-23)28-21-5-7-22(8-6-21)30-12-15-32-16-13-30/h1-11,14,17,24,27,31H,12-13,15-16H2,(H,26,28,29). The maximum Gasteiger partial charge on any atom is 0.227 e. The first-order valence-corrected chi connectivity index (χ1v) is 10.8. The van der Waals surface area contributed by atoms with Gasteiger partial charge in [-0.15, -0.1) is 0 Å². The van der Waals surface area contributed by atoms with E-state index >= 15 is 0 Å². The van der Waals surface area contributed by atoms with Crippen molar-refractivity contribution in [1.29, 1.82) is 0 Å². The van der Waals surface area contributed by atoms with Crippen LogP contribution in [0.4, 0.5) is 23.0 Å². The van der Waals surface area contributed by atoms with Crippen LogP contribution in [-0.4, -0.2) is 41.4 Å². The van der Waals surface area contributed by atoms with Crippen LogP contribution in [0.1, 0.15) is 11.8 Å². The molecule has 8 nitrogen and oxygen atoms in total. The number of benzene rings is 2. The van der Waals surface area contributed by atoms with Crippen molar-refractivity contribution in [1.82, 2.24) is 9.97 Å². The summed E-state index contributed by atoms with van der Waals surface area (Å²) in [4.78, 5) is 11.3. The number of nitrogens with one attached hydrogen (secondary N) is 2. The molecule has 0 bridgehead atoms. The summed E-state index contributed by atoms with van der Waals surface area (Å²) < 4.78 is 10.4. The van der Waals surface area contributed by atoms with Crippen LogP contribution in [0.5, 0.6) is 0 Å². The Balaban J connectivity index is 1.24. The first-order valence-electron chi connectivity index (χ1n) is 10.8. The molecule has 3 N–H and O–H groups in total. The summed E-state index contributed by atoms with van der Waals surface area (Å²) in [6.45, 7) is 3.36. The van der Waals surface area contributed by atoms with Crippen LogP contribution in [-0.2, 0) is 4.74 Å². The second-order valence-corrected chi connectivity index (χ2v) is 7.72. The Labute approximate surface area is 191 Å². The summed E-state index contributed by atoms with van der Waals surface area (Å²) in [5, 5.41) is 16.5. The lowest BCUT2D eigenvalue weighted by Crippen LogP contribution is -2.36. The van der Waals surface area contributed by atoms with Gasteiger partial charge in [0.2, 0.25) is 5.95 Å². The molecule has 1 unspecified atom stereocenters. The number of hydrogen-bond acceptors (Lipinski definition) is 8. The van der Waals surface area contributed by atoms with Gasteiger partial charge >= 0.3 is 0 Å². The number of furan rings is 1. The zero-order valence-electron chi connectivity index (χ0n) is 18.0. The second kappa shape index (κ2) is 9.72. The molecule has 3 heterocycles. The fraction of sp³-hybridized carbons (Fsp3) is 0.200. The van der Waals surface area contributed by atoms with Gasteiger partial charge < -0.3 is 29.8 Å². The Morgan fingerprint density at radius 1 is 0.909 bits per heavy atom. The van der Waals surface area contributed by atoms with Gasteiger partial charge in [-0.05, 0) is 48.5 Å². The lowest BCUT2D eigenvalue weighted by Gasteiger charge is -2.28. The molecular weight excluding hydrogens is 418 g/mol. The molecule has 2 aromatic heterocycles. The average Bonchev–Trinajstić information content (AvgIpc) is 3.41. The highest BCUT2D eigenvalue weighted by molar-refractivity contribution is 5.65. The normalized spacial score (nSPS) is 14.6. The van der Waals surface area contributed by atoms with Crippen LogP contribution in [0.15, 0.2) is 83.8 Å². The van der Waals surface area contributed by atoms with Crippen molar-refractivity contribution in [2.45, 2.75) is 6.23 Å². The zero-order chi connectivity index (χ0) is 22.5. The molecule has 0 aliphatic carbocycles. The number of hydrogen-bond donors (Lipinski definition) is 3. The highest BCUT2D eigenvalue weighted by Crippen LogP contribution is 2.24. The van der Waals surface area contributed by atoms with Crippen molar-refractivity contribution in [3.63, 3.8) is 0 Å². The van der Waals surface area contributed by atoms with Crippen molar-refractivity contribution < 1.29 is 14.3 Å². The number of aliphatic hydroxyl groups is 1. The number of aromatic nitrogens is 2. The first-order chi connectivity index (χ1) is 16.2. The van der Waals surface area contributed by atoms with E-state index < -0.39 is 6.23 Å². The molecule has 1 aliphatic heterocycles.